The van der Waals surface area contributed by atoms with Crippen LogP contribution in [-0.4, -0.2) is 74.9 Å². The molecule has 3 N–H and O–H groups in total. The van der Waals surface area contributed by atoms with Crippen LogP contribution in [0, 0.1) is 27.7 Å². The summed E-state index contributed by atoms with van der Waals surface area (Å²) in [4.78, 5) is 39.4. The summed E-state index contributed by atoms with van der Waals surface area (Å²) >= 11 is 13.8. The van der Waals surface area contributed by atoms with Gasteiger partial charge in [0.25, 0.3) is 0 Å². The van der Waals surface area contributed by atoms with Crippen molar-refractivity contribution in [2.45, 2.75) is 71.4 Å². The average Bonchev–Trinajstić information content (AvgIpc) is 3.88. The minimum atomic E-state index is -0.0977. The van der Waals surface area contributed by atoms with Crippen molar-refractivity contribution < 1.29 is 14.3 Å². The number of allylic oxidation sites excluding steroid dienone is 1. The third-order valence-electron chi connectivity index (χ3n) is 11.4. The number of amides is 2. The van der Waals surface area contributed by atoms with Gasteiger partial charge in [-0.25, -0.2) is 15.0 Å². The van der Waals surface area contributed by atoms with Gasteiger partial charge in [-0.15, -0.1) is 0 Å². The van der Waals surface area contributed by atoms with Crippen LogP contribution in [0.2, 0.25) is 10.0 Å². The van der Waals surface area contributed by atoms with Gasteiger partial charge < -0.3 is 30.2 Å². The Morgan fingerprint density at radius 1 is 0.932 bits per heavy atom. The third-order valence-corrected chi connectivity index (χ3v) is 12.3. The number of hydrogen-bond acceptors (Lipinski definition) is 9. The van der Waals surface area contributed by atoms with Crippen LogP contribution in [0.15, 0.2) is 42.9 Å². The molecule has 0 spiro atoms. The number of carbonyl (C=O) groups excluding carboxylic acids is 2. The molecule has 7 rings (SSSR count). The van der Waals surface area contributed by atoms with E-state index in [-0.39, 0.29) is 17.9 Å². The second-order valence-electron chi connectivity index (χ2n) is 15.5. The van der Waals surface area contributed by atoms with Gasteiger partial charge in [0.05, 0.1) is 29.9 Å². The molecule has 0 radical (unpaired) electrons. The summed E-state index contributed by atoms with van der Waals surface area (Å²) in [5.41, 5.74) is 11.2. The Labute approximate surface area is 355 Å². The zero-order chi connectivity index (χ0) is 41.8. The van der Waals surface area contributed by atoms with E-state index in [0.717, 1.165) is 87.3 Å². The Kier molecular flexibility index (Phi) is 13.0. The first-order valence-corrected chi connectivity index (χ1v) is 20.9. The number of aromatic nitrogens is 6. The van der Waals surface area contributed by atoms with Gasteiger partial charge in [0.1, 0.15) is 17.9 Å². The summed E-state index contributed by atoms with van der Waals surface area (Å²) in [7, 11) is 4.00. The SMILES string of the molecule is Cc1cc(OCCCC2c3ccc(Cl)c(-c4c(C)nc(CNCCNC=O)nc4C)c3N(CCNC=O)C2c2cn(C)c3c2CC(c2ncn(C)n2)C=C3)cc(C)c1Cl. The number of halogens is 2. The van der Waals surface area contributed by atoms with Crippen LogP contribution < -0.4 is 25.6 Å². The smallest absolute Gasteiger partial charge is 0.207 e. The average molecular weight is 840 g/mol. The minimum absolute atomic E-state index is 0.0266. The highest BCUT2D eigenvalue weighted by molar-refractivity contribution is 6.34. The molecule has 310 valence electrons. The van der Waals surface area contributed by atoms with E-state index >= 15 is 0 Å². The highest BCUT2D eigenvalue weighted by Crippen LogP contribution is 2.57. The number of benzene rings is 2. The summed E-state index contributed by atoms with van der Waals surface area (Å²) < 4.78 is 10.3. The molecule has 2 aliphatic rings. The van der Waals surface area contributed by atoms with Crippen molar-refractivity contribution >= 4 is 47.8 Å². The van der Waals surface area contributed by atoms with Gasteiger partial charge in [0.2, 0.25) is 12.8 Å². The number of fused-ring (bicyclic) bond motifs is 2. The van der Waals surface area contributed by atoms with Crippen molar-refractivity contribution in [1.29, 1.82) is 0 Å². The van der Waals surface area contributed by atoms with E-state index in [0.29, 0.717) is 56.6 Å². The Bertz CT molecular complexity index is 2330. The van der Waals surface area contributed by atoms with Crippen LogP contribution in [0.25, 0.3) is 17.2 Å². The van der Waals surface area contributed by atoms with Crippen LogP contribution in [-0.2, 0) is 36.6 Å². The second kappa shape index (κ2) is 18.4. The van der Waals surface area contributed by atoms with Gasteiger partial charge in [-0.05, 0) is 99.0 Å². The van der Waals surface area contributed by atoms with Crippen molar-refractivity contribution in [3.8, 4) is 16.9 Å². The first-order chi connectivity index (χ1) is 28.5. The monoisotopic (exact) mass is 838 g/mol. The lowest BCUT2D eigenvalue weighted by Gasteiger charge is -2.33. The van der Waals surface area contributed by atoms with E-state index in [4.69, 9.17) is 37.9 Å². The van der Waals surface area contributed by atoms with E-state index in [1.54, 1.807) is 11.0 Å². The molecule has 4 heterocycles. The molecule has 59 heavy (non-hydrogen) atoms. The summed E-state index contributed by atoms with van der Waals surface area (Å²) in [5, 5.41) is 14.9. The number of hydrogen-bond donors (Lipinski definition) is 3. The molecule has 3 atom stereocenters. The molecule has 3 unspecified atom stereocenters. The van der Waals surface area contributed by atoms with Gasteiger partial charge in [-0.2, -0.15) is 5.10 Å². The normalized spacial score (nSPS) is 16.9. The van der Waals surface area contributed by atoms with E-state index < -0.39 is 0 Å². The van der Waals surface area contributed by atoms with E-state index in [1.165, 1.54) is 16.7 Å². The number of carbonyl (C=O) groups is 2. The fraction of sp³-hybridized carbons (Fsp3) is 0.409. The molecule has 0 fully saturated rings. The Morgan fingerprint density at radius 2 is 1.66 bits per heavy atom. The Balaban J connectivity index is 1.31. The Hall–Kier alpha value is -5.24. The highest BCUT2D eigenvalue weighted by Gasteiger charge is 2.44. The largest absolute Gasteiger partial charge is 0.494 e. The van der Waals surface area contributed by atoms with Gasteiger partial charge >= 0.3 is 0 Å². The van der Waals surface area contributed by atoms with Crippen LogP contribution >= 0.6 is 23.2 Å². The zero-order valence-electron chi connectivity index (χ0n) is 34.5. The van der Waals surface area contributed by atoms with Crippen molar-refractivity contribution in [2.75, 3.05) is 37.7 Å². The van der Waals surface area contributed by atoms with Crippen LogP contribution in [0.1, 0.15) is 87.3 Å². The van der Waals surface area contributed by atoms with Gasteiger partial charge in [0.15, 0.2) is 5.82 Å². The molecular weight excluding hydrogens is 787 g/mol. The quantitative estimate of drug-likeness (QED) is 0.0658. The molecule has 2 amide bonds. The molecule has 13 nitrogen and oxygen atoms in total. The van der Waals surface area contributed by atoms with Crippen LogP contribution in [0.3, 0.4) is 0 Å². The zero-order valence-corrected chi connectivity index (χ0v) is 36.0. The molecule has 15 heteroatoms. The van der Waals surface area contributed by atoms with E-state index in [2.05, 4.69) is 67.0 Å². The number of nitrogens with one attached hydrogen (secondary N) is 3. The van der Waals surface area contributed by atoms with E-state index in [9.17, 15) is 9.59 Å². The van der Waals surface area contributed by atoms with Gasteiger partial charge in [0, 0.05) is 91.5 Å². The number of anilines is 1. The molecule has 3 aromatic heterocycles. The van der Waals surface area contributed by atoms with Crippen LogP contribution in [0.5, 0.6) is 5.75 Å². The van der Waals surface area contributed by atoms with Crippen molar-refractivity contribution in [2.24, 2.45) is 14.1 Å². The summed E-state index contributed by atoms with van der Waals surface area (Å²) in [5.74, 6) is 2.34. The lowest BCUT2D eigenvalue weighted by atomic mass is 9.82. The number of ether oxygens (including phenoxy) is 1. The fourth-order valence-corrected chi connectivity index (χ4v) is 9.24. The maximum atomic E-state index is 11.7. The van der Waals surface area contributed by atoms with Crippen molar-refractivity contribution in [3.05, 3.63) is 109 Å². The number of rotatable bonds is 18. The third kappa shape index (κ3) is 8.73. The highest BCUT2D eigenvalue weighted by atomic mass is 35.5. The van der Waals surface area contributed by atoms with Crippen molar-refractivity contribution in [1.82, 2.24) is 45.2 Å². The minimum Gasteiger partial charge on any atom is -0.494 e. The molecule has 0 saturated carbocycles. The molecule has 0 saturated heterocycles. The maximum Gasteiger partial charge on any atom is 0.207 e. The topological polar surface area (TPSA) is 144 Å². The van der Waals surface area contributed by atoms with Crippen LogP contribution in [0.4, 0.5) is 5.69 Å². The lowest BCUT2D eigenvalue weighted by molar-refractivity contribution is -0.110. The predicted octanol–water partition coefficient (Wildman–Crippen LogP) is 6.59. The first-order valence-electron chi connectivity index (χ1n) is 20.1. The molecular formula is C44H52Cl2N10O3. The molecule has 1 aliphatic heterocycles. The summed E-state index contributed by atoms with van der Waals surface area (Å²) in [6.07, 6.45) is 12.2. The Morgan fingerprint density at radius 3 is 2.36 bits per heavy atom. The number of nitrogens with zero attached hydrogens (tertiary/aromatic N) is 7. The van der Waals surface area contributed by atoms with Gasteiger partial charge in [-0.3, -0.25) is 14.3 Å². The van der Waals surface area contributed by atoms with Gasteiger partial charge in [-0.1, -0.05) is 35.3 Å². The molecule has 0 bridgehead atoms. The lowest BCUT2D eigenvalue weighted by Crippen LogP contribution is -2.34. The summed E-state index contributed by atoms with van der Waals surface area (Å²) in [6.45, 7) is 11.1. The molecule has 1 aliphatic carbocycles. The van der Waals surface area contributed by atoms with Crippen molar-refractivity contribution in [3.63, 3.8) is 0 Å². The van der Waals surface area contributed by atoms with E-state index in [1.807, 2.05) is 52.9 Å². The fourth-order valence-electron chi connectivity index (χ4n) is 8.89. The standard InChI is InChI=1S/C44H52Cl2N10O3/c1-26-18-31(19-27(2)41(26)46)59-17-7-8-32-33-10-11-36(45)40(39-28(3)51-38(52-29(39)4)21-47-13-14-48-24-57)43(33)56(16-15-49-25-58)42(32)35-22-54(5)37-12-9-30(20-34(35)37)44-50-23-55(6)53-44/h9-12,18-19,22-25,30,32,42,47H,7-8,13-17,20-21H2,1-6H3,(H,48,57)(H,49,58). The molecule has 2 aromatic carbocycles. The molecule has 5 aromatic rings. The first kappa shape index (κ1) is 41.9. The maximum absolute atomic E-state index is 11.7. The predicted molar refractivity (Wildman–Crippen MR) is 232 cm³/mol. The number of aryl methyl sites for hydroxylation is 6. The second-order valence-corrected chi connectivity index (χ2v) is 16.3. The summed E-state index contributed by atoms with van der Waals surface area (Å²) in [6, 6.07) is 8.07.